The summed E-state index contributed by atoms with van der Waals surface area (Å²) in [5.41, 5.74) is 3.64. The van der Waals surface area contributed by atoms with Gasteiger partial charge >= 0.3 is 6.18 Å². The second-order valence-electron chi connectivity index (χ2n) is 8.38. The molecule has 0 aliphatic carbocycles. The Labute approximate surface area is 173 Å². The summed E-state index contributed by atoms with van der Waals surface area (Å²) in [5.74, 6) is 0. The molecule has 7 heteroatoms. The Morgan fingerprint density at radius 3 is 2.59 bits per heavy atom. The Morgan fingerprint density at radius 2 is 1.93 bits per heavy atom. The lowest BCUT2D eigenvalue weighted by atomic mass is 9.89. The van der Waals surface area contributed by atoms with Gasteiger partial charge in [-0.3, -0.25) is 9.88 Å². The van der Waals surface area contributed by atoms with Crippen LogP contribution >= 0.6 is 11.6 Å². The highest BCUT2D eigenvalue weighted by molar-refractivity contribution is 6.31. The van der Waals surface area contributed by atoms with Crippen molar-refractivity contribution < 1.29 is 13.2 Å². The molecule has 0 amide bonds. The van der Waals surface area contributed by atoms with Crippen LogP contribution in [0.1, 0.15) is 36.4 Å². The van der Waals surface area contributed by atoms with Gasteiger partial charge in [0.05, 0.1) is 0 Å². The number of alkyl halides is 3. The van der Waals surface area contributed by atoms with Crippen molar-refractivity contribution in [3.63, 3.8) is 0 Å². The molecule has 0 saturated carbocycles. The molecule has 3 heterocycles. The molecule has 0 atom stereocenters. The number of halogens is 4. The molecule has 0 spiro atoms. The third-order valence-corrected chi connectivity index (χ3v) is 6.25. The summed E-state index contributed by atoms with van der Waals surface area (Å²) in [6.07, 6.45) is -1.57. The van der Waals surface area contributed by atoms with E-state index < -0.39 is 11.9 Å². The van der Waals surface area contributed by atoms with Gasteiger partial charge in [-0.15, -0.1) is 0 Å². The van der Waals surface area contributed by atoms with E-state index in [1.807, 2.05) is 18.2 Å². The molecule has 29 heavy (non-hydrogen) atoms. The zero-order chi connectivity index (χ0) is 21.0. The van der Waals surface area contributed by atoms with Crippen molar-refractivity contribution in [3.8, 4) is 0 Å². The molecule has 0 bridgehead atoms. The minimum Gasteiger partial charge on any atom is -0.344 e. The van der Waals surface area contributed by atoms with Gasteiger partial charge in [-0.25, -0.2) is 0 Å². The minimum atomic E-state index is -4.41. The number of likely N-dealkylation sites (N-methyl/N-ethyl adjacent to an activating group) is 1. The molecule has 1 aliphatic rings. The molecule has 1 aliphatic heterocycles. The molecule has 0 unspecified atom stereocenters. The predicted octanol–water partition coefficient (Wildman–Crippen LogP) is 5.72. The monoisotopic (exact) mass is 421 g/mol. The third kappa shape index (κ3) is 3.76. The number of hydrogen-bond acceptors (Lipinski definition) is 2. The topological polar surface area (TPSA) is 21.1 Å². The van der Waals surface area contributed by atoms with Gasteiger partial charge in [0.2, 0.25) is 0 Å². The minimum absolute atomic E-state index is 0.0266. The Hall–Kier alpha value is -2.05. The molecular weight excluding hydrogens is 399 g/mol. The molecular formula is C22H23ClF3N3. The number of pyridine rings is 1. The Balaban J connectivity index is 1.69. The van der Waals surface area contributed by atoms with Crippen LogP contribution in [0.15, 0.2) is 36.5 Å². The normalized spacial score (nSPS) is 16.9. The van der Waals surface area contributed by atoms with Gasteiger partial charge in [0.25, 0.3) is 0 Å². The van der Waals surface area contributed by atoms with Crippen LogP contribution in [0.25, 0.3) is 10.9 Å². The molecule has 0 fully saturated rings. The van der Waals surface area contributed by atoms with E-state index in [1.54, 1.807) is 0 Å². The average Bonchev–Trinajstić information content (AvgIpc) is 2.91. The molecule has 3 aromatic rings. The summed E-state index contributed by atoms with van der Waals surface area (Å²) in [5, 5.41) is 1.86. The number of fused-ring (bicyclic) bond motifs is 3. The highest BCUT2D eigenvalue weighted by Crippen LogP contribution is 2.37. The summed E-state index contributed by atoms with van der Waals surface area (Å²) in [6.45, 7) is 5.98. The average molecular weight is 422 g/mol. The Morgan fingerprint density at radius 1 is 1.17 bits per heavy atom. The van der Waals surface area contributed by atoms with Gasteiger partial charge < -0.3 is 4.57 Å². The van der Waals surface area contributed by atoms with Crippen LogP contribution in [-0.2, 0) is 32.1 Å². The first-order valence-electron chi connectivity index (χ1n) is 9.59. The Bertz CT molecular complexity index is 1050. The van der Waals surface area contributed by atoms with Crippen molar-refractivity contribution in [1.29, 1.82) is 0 Å². The lowest BCUT2D eigenvalue weighted by Crippen LogP contribution is -2.46. The van der Waals surface area contributed by atoms with Crippen LogP contribution in [0, 0.1) is 0 Å². The standard InChI is InChI=1S/C22H23ClF3N3/c1-21(2)11-19-17(13-28(21)3)16-10-15(23)5-6-18(16)29(19)9-8-14-4-7-20(27-12-14)22(24,25)26/h4-7,10,12H,8-9,11,13H2,1-3H3. The second-order valence-corrected chi connectivity index (χ2v) is 8.82. The predicted molar refractivity (Wildman–Crippen MR) is 109 cm³/mol. The summed E-state index contributed by atoms with van der Waals surface area (Å²) in [4.78, 5) is 5.93. The van der Waals surface area contributed by atoms with Crippen molar-refractivity contribution >= 4 is 22.5 Å². The lowest BCUT2D eigenvalue weighted by Gasteiger charge is -2.40. The van der Waals surface area contributed by atoms with Crippen LogP contribution in [-0.4, -0.2) is 27.0 Å². The maximum atomic E-state index is 12.7. The summed E-state index contributed by atoms with van der Waals surface area (Å²) in [6, 6.07) is 8.51. The fraction of sp³-hybridized carbons (Fsp3) is 0.409. The van der Waals surface area contributed by atoms with E-state index in [9.17, 15) is 13.2 Å². The van der Waals surface area contributed by atoms with E-state index in [2.05, 4.69) is 35.3 Å². The van der Waals surface area contributed by atoms with Crippen LogP contribution in [0.3, 0.4) is 0 Å². The number of aryl methyl sites for hydroxylation is 2. The quantitative estimate of drug-likeness (QED) is 0.539. The SMILES string of the molecule is CN1Cc2c(n(CCc3ccc(C(F)(F)F)nc3)c3ccc(Cl)cc23)CC1(C)C. The second kappa shape index (κ2) is 7.03. The van der Waals surface area contributed by atoms with Crippen molar-refractivity contribution in [1.82, 2.24) is 14.5 Å². The fourth-order valence-corrected chi connectivity index (χ4v) is 4.23. The highest BCUT2D eigenvalue weighted by atomic mass is 35.5. The zero-order valence-corrected chi connectivity index (χ0v) is 17.4. The first kappa shape index (κ1) is 20.2. The molecule has 0 radical (unpaired) electrons. The zero-order valence-electron chi connectivity index (χ0n) is 16.6. The number of nitrogens with zero attached hydrogens (tertiary/aromatic N) is 3. The number of aromatic nitrogens is 2. The van der Waals surface area contributed by atoms with Gasteiger partial charge in [-0.1, -0.05) is 17.7 Å². The molecule has 2 aromatic heterocycles. The van der Waals surface area contributed by atoms with Crippen LogP contribution in [0.4, 0.5) is 13.2 Å². The number of rotatable bonds is 3. The first-order chi connectivity index (χ1) is 13.6. The van der Waals surface area contributed by atoms with Gasteiger partial charge in [-0.2, -0.15) is 13.2 Å². The van der Waals surface area contributed by atoms with Crippen LogP contribution < -0.4 is 0 Å². The molecule has 154 valence electrons. The summed E-state index contributed by atoms with van der Waals surface area (Å²) >= 11 is 6.26. The summed E-state index contributed by atoms with van der Waals surface area (Å²) < 4.78 is 40.5. The van der Waals surface area contributed by atoms with Crippen LogP contribution in [0.5, 0.6) is 0 Å². The molecule has 0 saturated heterocycles. The lowest BCUT2D eigenvalue weighted by molar-refractivity contribution is -0.141. The largest absolute Gasteiger partial charge is 0.433 e. The van der Waals surface area contributed by atoms with E-state index >= 15 is 0 Å². The van der Waals surface area contributed by atoms with Gasteiger partial charge in [0.1, 0.15) is 5.69 Å². The van der Waals surface area contributed by atoms with Gasteiger partial charge in [0, 0.05) is 52.9 Å². The fourth-order valence-electron chi connectivity index (χ4n) is 4.06. The maximum Gasteiger partial charge on any atom is 0.433 e. The molecule has 3 nitrogen and oxygen atoms in total. The van der Waals surface area contributed by atoms with E-state index in [4.69, 9.17) is 11.6 Å². The van der Waals surface area contributed by atoms with E-state index in [1.165, 1.54) is 23.5 Å². The maximum absolute atomic E-state index is 12.7. The van der Waals surface area contributed by atoms with E-state index in [-0.39, 0.29) is 5.54 Å². The summed E-state index contributed by atoms with van der Waals surface area (Å²) in [7, 11) is 2.13. The first-order valence-corrected chi connectivity index (χ1v) is 9.97. The van der Waals surface area contributed by atoms with Gasteiger partial charge in [-0.05, 0) is 62.7 Å². The van der Waals surface area contributed by atoms with Crippen molar-refractivity contribution in [3.05, 3.63) is 64.1 Å². The molecule has 0 N–H and O–H groups in total. The molecule has 1 aromatic carbocycles. The number of benzene rings is 1. The van der Waals surface area contributed by atoms with Crippen molar-refractivity contribution in [2.45, 2.75) is 51.5 Å². The van der Waals surface area contributed by atoms with E-state index in [0.29, 0.717) is 18.0 Å². The van der Waals surface area contributed by atoms with Crippen molar-refractivity contribution in [2.24, 2.45) is 0 Å². The van der Waals surface area contributed by atoms with Gasteiger partial charge in [0.15, 0.2) is 0 Å². The highest BCUT2D eigenvalue weighted by Gasteiger charge is 2.34. The third-order valence-electron chi connectivity index (χ3n) is 6.02. The smallest absolute Gasteiger partial charge is 0.344 e. The molecule has 4 rings (SSSR count). The van der Waals surface area contributed by atoms with E-state index in [0.717, 1.165) is 35.5 Å². The van der Waals surface area contributed by atoms with Crippen molar-refractivity contribution in [2.75, 3.05) is 7.05 Å². The number of hydrogen-bond donors (Lipinski definition) is 0. The Kier molecular flexibility index (Phi) is 4.90. The van der Waals surface area contributed by atoms with Crippen LogP contribution in [0.2, 0.25) is 5.02 Å².